The fourth-order valence-corrected chi connectivity index (χ4v) is 2.14. The van der Waals surface area contributed by atoms with Crippen molar-refractivity contribution in [3.05, 3.63) is 58.1 Å². The lowest BCUT2D eigenvalue weighted by molar-refractivity contribution is 0.545. The van der Waals surface area contributed by atoms with Gasteiger partial charge < -0.3 is 5.73 Å². The summed E-state index contributed by atoms with van der Waals surface area (Å²) in [6.07, 6.45) is 5.06. The second kappa shape index (κ2) is 4.08. The third-order valence-corrected chi connectivity index (χ3v) is 3.50. The van der Waals surface area contributed by atoms with Crippen LogP contribution in [-0.4, -0.2) is 0 Å². The van der Waals surface area contributed by atoms with Gasteiger partial charge in [0.2, 0.25) is 0 Å². The minimum absolute atomic E-state index is 0.381. The molecule has 0 aromatic heterocycles. The molecule has 0 radical (unpaired) electrons. The predicted molar refractivity (Wildman–Crippen MR) is 69.4 cm³/mol. The molecule has 84 valence electrons. The summed E-state index contributed by atoms with van der Waals surface area (Å²) >= 11 is 5.88. The number of benzene rings is 1. The van der Waals surface area contributed by atoms with Crippen molar-refractivity contribution >= 4 is 11.6 Å². The Morgan fingerprint density at radius 2 is 1.81 bits per heavy atom. The van der Waals surface area contributed by atoms with Gasteiger partial charge in [0.1, 0.15) is 0 Å². The molecule has 0 heterocycles. The summed E-state index contributed by atoms with van der Waals surface area (Å²) < 4.78 is 0. The van der Waals surface area contributed by atoms with Gasteiger partial charge in [0, 0.05) is 5.02 Å². The quantitative estimate of drug-likeness (QED) is 0.785. The van der Waals surface area contributed by atoms with Gasteiger partial charge in [-0.1, -0.05) is 47.0 Å². The summed E-state index contributed by atoms with van der Waals surface area (Å²) in [6.45, 7) is 4.25. The molecule has 1 aliphatic carbocycles. The van der Waals surface area contributed by atoms with Gasteiger partial charge in [0.25, 0.3) is 0 Å². The predicted octanol–water partition coefficient (Wildman–Crippen LogP) is 3.79. The van der Waals surface area contributed by atoms with Crippen molar-refractivity contribution < 1.29 is 0 Å². The van der Waals surface area contributed by atoms with Crippen molar-refractivity contribution in [1.82, 2.24) is 0 Å². The van der Waals surface area contributed by atoms with E-state index in [1.807, 2.05) is 24.3 Å². The molecule has 2 N–H and O–H groups in total. The largest absolute Gasteiger partial charge is 0.318 e. The van der Waals surface area contributed by atoms with Gasteiger partial charge in [0.15, 0.2) is 0 Å². The molecule has 1 aromatic rings. The van der Waals surface area contributed by atoms with Crippen LogP contribution in [0.3, 0.4) is 0 Å². The third-order valence-electron chi connectivity index (χ3n) is 3.24. The minimum Gasteiger partial charge on any atom is -0.318 e. The summed E-state index contributed by atoms with van der Waals surface area (Å²) in [5.74, 6) is 0. The van der Waals surface area contributed by atoms with E-state index in [1.165, 1.54) is 11.1 Å². The van der Waals surface area contributed by atoms with E-state index in [4.69, 9.17) is 17.3 Å². The molecule has 1 atom stereocenters. The normalized spacial score (nSPS) is 25.0. The van der Waals surface area contributed by atoms with Crippen LogP contribution >= 0.6 is 11.6 Å². The molecule has 0 aliphatic heterocycles. The first kappa shape index (κ1) is 11.4. The van der Waals surface area contributed by atoms with Gasteiger partial charge in [0.05, 0.1) is 5.54 Å². The first-order valence-corrected chi connectivity index (χ1v) is 5.79. The maximum absolute atomic E-state index is 6.42. The molecule has 1 unspecified atom stereocenters. The van der Waals surface area contributed by atoms with Gasteiger partial charge in [-0.05, 0) is 38.0 Å². The highest BCUT2D eigenvalue weighted by molar-refractivity contribution is 6.30. The third kappa shape index (κ3) is 2.06. The minimum atomic E-state index is -0.381. The lowest BCUT2D eigenvalue weighted by Gasteiger charge is -2.30. The van der Waals surface area contributed by atoms with Crippen LogP contribution in [-0.2, 0) is 5.54 Å². The van der Waals surface area contributed by atoms with Crippen LogP contribution in [0.5, 0.6) is 0 Å². The summed E-state index contributed by atoms with van der Waals surface area (Å²) in [6, 6.07) is 7.78. The number of allylic oxidation sites excluding steroid dienone is 2. The van der Waals surface area contributed by atoms with E-state index >= 15 is 0 Å². The first-order valence-electron chi connectivity index (χ1n) is 5.42. The van der Waals surface area contributed by atoms with E-state index < -0.39 is 0 Å². The monoisotopic (exact) mass is 233 g/mol. The van der Waals surface area contributed by atoms with Gasteiger partial charge in [-0.25, -0.2) is 0 Å². The average molecular weight is 234 g/mol. The lowest BCUT2D eigenvalue weighted by atomic mass is 9.80. The van der Waals surface area contributed by atoms with Crippen LogP contribution in [0.4, 0.5) is 0 Å². The molecule has 0 bridgehead atoms. The highest BCUT2D eigenvalue weighted by Gasteiger charge is 2.27. The first-order chi connectivity index (χ1) is 7.51. The molecular formula is C14H16ClN. The van der Waals surface area contributed by atoms with E-state index in [2.05, 4.69) is 26.0 Å². The Kier molecular flexibility index (Phi) is 2.92. The Morgan fingerprint density at radius 1 is 1.19 bits per heavy atom. The maximum atomic E-state index is 6.42. The van der Waals surface area contributed by atoms with E-state index in [1.54, 1.807) is 0 Å². The summed E-state index contributed by atoms with van der Waals surface area (Å²) in [4.78, 5) is 0. The van der Waals surface area contributed by atoms with Crippen LogP contribution in [0, 0.1) is 0 Å². The van der Waals surface area contributed by atoms with E-state index in [9.17, 15) is 0 Å². The van der Waals surface area contributed by atoms with Crippen LogP contribution in [0.2, 0.25) is 5.02 Å². The zero-order valence-corrected chi connectivity index (χ0v) is 10.4. The molecule has 0 fully saturated rings. The zero-order valence-electron chi connectivity index (χ0n) is 9.63. The molecule has 1 aromatic carbocycles. The van der Waals surface area contributed by atoms with Crippen molar-refractivity contribution in [3.63, 3.8) is 0 Å². The Labute approximate surface area is 102 Å². The van der Waals surface area contributed by atoms with Gasteiger partial charge in [-0.3, -0.25) is 0 Å². The Hall–Kier alpha value is -1.05. The Morgan fingerprint density at radius 3 is 2.38 bits per heavy atom. The molecule has 2 heteroatoms. The van der Waals surface area contributed by atoms with Crippen molar-refractivity contribution in [2.45, 2.75) is 25.8 Å². The van der Waals surface area contributed by atoms with Crippen LogP contribution < -0.4 is 5.73 Å². The van der Waals surface area contributed by atoms with Crippen molar-refractivity contribution in [3.8, 4) is 0 Å². The van der Waals surface area contributed by atoms with Crippen LogP contribution in [0.25, 0.3) is 0 Å². The second-order valence-electron chi connectivity index (χ2n) is 4.52. The lowest BCUT2D eigenvalue weighted by Crippen LogP contribution is -2.36. The molecule has 2 rings (SSSR count). The topological polar surface area (TPSA) is 26.0 Å². The standard InChI is InChI=1S/C14H16ClN/c1-10-7-8-14(16,9-11(10)2)12-3-5-13(15)6-4-12/h3-8H,9,16H2,1-2H3. The Balaban J connectivity index is 2.35. The smallest absolute Gasteiger partial charge is 0.0636 e. The number of nitrogens with two attached hydrogens (primary N) is 1. The van der Waals surface area contributed by atoms with E-state index in [0.29, 0.717) is 0 Å². The molecule has 0 saturated carbocycles. The van der Waals surface area contributed by atoms with Crippen LogP contribution in [0.15, 0.2) is 47.6 Å². The summed E-state index contributed by atoms with van der Waals surface area (Å²) in [7, 11) is 0. The molecule has 0 amide bonds. The number of rotatable bonds is 1. The Bertz CT molecular complexity index is 456. The van der Waals surface area contributed by atoms with E-state index in [-0.39, 0.29) is 5.54 Å². The van der Waals surface area contributed by atoms with Gasteiger partial charge in [-0.15, -0.1) is 0 Å². The SMILES string of the molecule is CC1=C(C)CC(N)(c2ccc(Cl)cc2)C=C1. The summed E-state index contributed by atoms with van der Waals surface area (Å²) in [5, 5.41) is 0.746. The summed E-state index contributed by atoms with van der Waals surface area (Å²) in [5.41, 5.74) is 9.81. The molecule has 1 aliphatic rings. The van der Waals surface area contributed by atoms with Crippen molar-refractivity contribution in [2.75, 3.05) is 0 Å². The number of halogens is 1. The fourth-order valence-electron chi connectivity index (χ4n) is 2.01. The highest BCUT2D eigenvalue weighted by atomic mass is 35.5. The second-order valence-corrected chi connectivity index (χ2v) is 4.96. The maximum Gasteiger partial charge on any atom is 0.0636 e. The molecule has 0 spiro atoms. The molecule has 0 saturated heterocycles. The van der Waals surface area contributed by atoms with Crippen molar-refractivity contribution in [2.24, 2.45) is 5.73 Å². The number of hydrogen-bond donors (Lipinski definition) is 1. The van der Waals surface area contributed by atoms with Gasteiger partial charge >= 0.3 is 0 Å². The number of hydrogen-bond acceptors (Lipinski definition) is 1. The average Bonchev–Trinajstić information content (AvgIpc) is 2.25. The fraction of sp³-hybridized carbons (Fsp3) is 0.286. The molecule has 16 heavy (non-hydrogen) atoms. The highest BCUT2D eigenvalue weighted by Crippen LogP contribution is 2.33. The zero-order chi connectivity index (χ0) is 11.8. The van der Waals surface area contributed by atoms with Gasteiger partial charge in [-0.2, -0.15) is 0 Å². The van der Waals surface area contributed by atoms with Crippen molar-refractivity contribution in [1.29, 1.82) is 0 Å². The molecule has 1 nitrogen and oxygen atoms in total. The molecular weight excluding hydrogens is 218 g/mol. The van der Waals surface area contributed by atoms with E-state index in [0.717, 1.165) is 17.0 Å². The van der Waals surface area contributed by atoms with Crippen LogP contribution in [0.1, 0.15) is 25.8 Å².